The van der Waals surface area contributed by atoms with E-state index in [4.69, 9.17) is 5.73 Å². The molecule has 1 amide bonds. The summed E-state index contributed by atoms with van der Waals surface area (Å²) in [5, 5.41) is 6.57. The molecule has 2 rings (SSSR count). The Hall–Kier alpha value is -2.09. The zero-order chi connectivity index (χ0) is 13.7. The molecular formula is C15H14N2OS. The van der Waals surface area contributed by atoms with Crippen LogP contribution in [-0.2, 0) is 0 Å². The summed E-state index contributed by atoms with van der Waals surface area (Å²) >= 11 is 1.50. The minimum Gasteiger partial charge on any atom is -0.322 e. The number of hydrogen-bond acceptors (Lipinski definition) is 3. The Kier molecular flexibility index (Phi) is 4.35. The Morgan fingerprint density at radius 3 is 2.89 bits per heavy atom. The van der Waals surface area contributed by atoms with E-state index in [1.807, 2.05) is 35.9 Å². The van der Waals surface area contributed by atoms with Crippen molar-refractivity contribution in [1.82, 2.24) is 0 Å². The lowest BCUT2D eigenvalue weighted by molar-refractivity contribution is 0.102. The van der Waals surface area contributed by atoms with Crippen LogP contribution in [0.2, 0.25) is 0 Å². The van der Waals surface area contributed by atoms with Gasteiger partial charge < -0.3 is 11.1 Å². The largest absolute Gasteiger partial charge is 0.322 e. The van der Waals surface area contributed by atoms with Gasteiger partial charge in [0.2, 0.25) is 0 Å². The second kappa shape index (κ2) is 6.19. The molecule has 0 spiro atoms. The van der Waals surface area contributed by atoms with Crippen LogP contribution in [0.4, 0.5) is 5.69 Å². The molecule has 0 fully saturated rings. The molecule has 0 bridgehead atoms. The van der Waals surface area contributed by atoms with Gasteiger partial charge in [0.1, 0.15) is 0 Å². The van der Waals surface area contributed by atoms with Gasteiger partial charge in [-0.3, -0.25) is 4.79 Å². The van der Waals surface area contributed by atoms with Crippen LogP contribution in [0.15, 0.2) is 35.0 Å². The summed E-state index contributed by atoms with van der Waals surface area (Å²) < 4.78 is 0. The molecule has 1 aromatic heterocycles. The fraction of sp³-hybridized carbons (Fsp3) is 0.133. The first-order chi connectivity index (χ1) is 9.20. The normalized spacial score (nSPS) is 9.58. The molecule has 2 aromatic rings. The molecular weight excluding hydrogens is 256 g/mol. The lowest BCUT2D eigenvalue weighted by Crippen LogP contribution is -2.10. The highest BCUT2D eigenvalue weighted by atomic mass is 32.1. The van der Waals surface area contributed by atoms with Gasteiger partial charge in [-0.2, -0.15) is 11.3 Å². The summed E-state index contributed by atoms with van der Waals surface area (Å²) in [4.78, 5) is 11.9. The summed E-state index contributed by atoms with van der Waals surface area (Å²) in [5.41, 5.74) is 8.74. The summed E-state index contributed by atoms with van der Waals surface area (Å²) in [5.74, 6) is 5.72. The number of nitrogens with one attached hydrogen (secondary N) is 1. The van der Waals surface area contributed by atoms with Crippen molar-refractivity contribution >= 4 is 22.9 Å². The monoisotopic (exact) mass is 270 g/mol. The van der Waals surface area contributed by atoms with Crippen LogP contribution >= 0.6 is 11.3 Å². The second-order valence-corrected chi connectivity index (χ2v) is 4.78. The number of anilines is 1. The van der Waals surface area contributed by atoms with Crippen molar-refractivity contribution in [2.75, 3.05) is 11.9 Å². The van der Waals surface area contributed by atoms with Gasteiger partial charge in [0.05, 0.1) is 12.1 Å². The summed E-state index contributed by atoms with van der Waals surface area (Å²) in [6.07, 6.45) is 0. The van der Waals surface area contributed by atoms with E-state index in [-0.39, 0.29) is 5.91 Å². The Bertz CT molecular complexity index is 636. The van der Waals surface area contributed by atoms with Gasteiger partial charge in [-0.1, -0.05) is 11.8 Å². The van der Waals surface area contributed by atoms with Crippen molar-refractivity contribution in [2.45, 2.75) is 6.92 Å². The van der Waals surface area contributed by atoms with E-state index in [1.165, 1.54) is 11.3 Å². The van der Waals surface area contributed by atoms with E-state index in [1.54, 1.807) is 6.07 Å². The smallest absolute Gasteiger partial charge is 0.256 e. The molecule has 0 aliphatic carbocycles. The molecule has 3 N–H and O–H groups in total. The Morgan fingerprint density at radius 1 is 1.42 bits per heavy atom. The fourth-order valence-electron chi connectivity index (χ4n) is 1.62. The maximum atomic E-state index is 11.9. The third kappa shape index (κ3) is 3.44. The molecule has 0 aliphatic heterocycles. The van der Waals surface area contributed by atoms with E-state index in [9.17, 15) is 4.79 Å². The quantitative estimate of drug-likeness (QED) is 0.824. The number of carbonyl (C=O) groups is 1. The van der Waals surface area contributed by atoms with Crippen molar-refractivity contribution in [3.05, 3.63) is 51.7 Å². The van der Waals surface area contributed by atoms with Crippen LogP contribution in [0.25, 0.3) is 0 Å². The van der Waals surface area contributed by atoms with Gasteiger partial charge in [-0.05, 0) is 42.1 Å². The summed E-state index contributed by atoms with van der Waals surface area (Å²) in [6, 6.07) is 7.44. The molecule has 3 nitrogen and oxygen atoms in total. The predicted molar refractivity (Wildman–Crippen MR) is 79.4 cm³/mol. The second-order valence-electron chi connectivity index (χ2n) is 4.00. The van der Waals surface area contributed by atoms with Gasteiger partial charge in [0, 0.05) is 16.6 Å². The molecule has 0 aliphatic rings. The Balaban J connectivity index is 2.14. The third-order valence-electron chi connectivity index (χ3n) is 2.59. The number of nitrogens with two attached hydrogens (primary N) is 1. The molecule has 96 valence electrons. The molecule has 0 radical (unpaired) electrons. The molecule has 4 heteroatoms. The van der Waals surface area contributed by atoms with Crippen LogP contribution in [0.5, 0.6) is 0 Å². The number of aryl methyl sites for hydroxylation is 1. The van der Waals surface area contributed by atoms with Crippen LogP contribution < -0.4 is 11.1 Å². The third-order valence-corrected chi connectivity index (χ3v) is 3.28. The summed E-state index contributed by atoms with van der Waals surface area (Å²) in [7, 11) is 0. The molecule has 0 atom stereocenters. The highest BCUT2D eigenvalue weighted by molar-refractivity contribution is 7.08. The minimum atomic E-state index is -0.0959. The summed E-state index contributed by atoms with van der Waals surface area (Å²) in [6.45, 7) is 2.30. The number of benzene rings is 1. The number of amides is 1. The molecule has 0 unspecified atom stereocenters. The maximum Gasteiger partial charge on any atom is 0.256 e. The first-order valence-corrected chi connectivity index (χ1v) is 6.78. The van der Waals surface area contributed by atoms with Crippen molar-refractivity contribution in [2.24, 2.45) is 5.73 Å². The van der Waals surface area contributed by atoms with Crippen LogP contribution in [0, 0.1) is 18.8 Å². The highest BCUT2D eigenvalue weighted by Crippen LogP contribution is 2.16. The molecule has 0 saturated heterocycles. The minimum absolute atomic E-state index is 0.0959. The van der Waals surface area contributed by atoms with Gasteiger partial charge in [0.15, 0.2) is 0 Å². The Labute approximate surface area is 116 Å². The van der Waals surface area contributed by atoms with Gasteiger partial charge >= 0.3 is 0 Å². The average Bonchev–Trinajstić information content (AvgIpc) is 2.92. The van der Waals surface area contributed by atoms with Crippen LogP contribution in [0.1, 0.15) is 21.5 Å². The molecule has 1 heterocycles. The van der Waals surface area contributed by atoms with Crippen molar-refractivity contribution in [3.63, 3.8) is 0 Å². The first-order valence-electron chi connectivity index (χ1n) is 5.84. The average molecular weight is 270 g/mol. The van der Waals surface area contributed by atoms with Crippen molar-refractivity contribution < 1.29 is 4.79 Å². The maximum absolute atomic E-state index is 11.9. The van der Waals surface area contributed by atoms with E-state index >= 15 is 0 Å². The van der Waals surface area contributed by atoms with Crippen LogP contribution in [-0.4, -0.2) is 12.5 Å². The van der Waals surface area contributed by atoms with Crippen LogP contribution in [0.3, 0.4) is 0 Å². The topological polar surface area (TPSA) is 55.1 Å². The van der Waals surface area contributed by atoms with E-state index < -0.39 is 0 Å². The Morgan fingerprint density at radius 2 is 2.26 bits per heavy atom. The van der Waals surface area contributed by atoms with Gasteiger partial charge in [-0.25, -0.2) is 0 Å². The molecule has 0 saturated carbocycles. The lowest BCUT2D eigenvalue weighted by atomic mass is 10.1. The standard InChI is InChI=1S/C15H14N2OS/c1-11-9-14(5-4-12(11)3-2-7-16)17-15(18)13-6-8-19-10-13/h4-6,8-10H,7,16H2,1H3,(H,17,18). The number of rotatable bonds is 2. The molecule has 1 aromatic carbocycles. The zero-order valence-electron chi connectivity index (χ0n) is 10.6. The fourth-order valence-corrected chi connectivity index (χ4v) is 2.26. The lowest BCUT2D eigenvalue weighted by Gasteiger charge is -2.06. The van der Waals surface area contributed by atoms with Crippen molar-refractivity contribution in [1.29, 1.82) is 0 Å². The highest BCUT2D eigenvalue weighted by Gasteiger charge is 2.06. The number of thiophene rings is 1. The van der Waals surface area contributed by atoms with Crippen molar-refractivity contribution in [3.8, 4) is 11.8 Å². The van der Waals surface area contributed by atoms with Gasteiger partial charge in [0.25, 0.3) is 5.91 Å². The first kappa shape index (κ1) is 13.3. The molecule has 19 heavy (non-hydrogen) atoms. The van der Waals surface area contributed by atoms with E-state index in [0.717, 1.165) is 16.8 Å². The zero-order valence-corrected chi connectivity index (χ0v) is 11.4. The van der Waals surface area contributed by atoms with Gasteiger partial charge in [-0.15, -0.1) is 0 Å². The van der Waals surface area contributed by atoms with E-state index in [0.29, 0.717) is 12.1 Å². The number of hydrogen-bond donors (Lipinski definition) is 2. The predicted octanol–water partition coefficient (Wildman–Crippen LogP) is 2.62. The van der Waals surface area contributed by atoms with E-state index in [2.05, 4.69) is 17.2 Å². The SMILES string of the molecule is Cc1cc(NC(=O)c2ccsc2)ccc1C#CCN. The number of carbonyl (C=O) groups excluding carboxylic acids is 1.